The van der Waals surface area contributed by atoms with Gasteiger partial charge in [0, 0.05) is 11.1 Å². The molecule has 23 heavy (non-hydrogen) atoms. The molecule has 2 aromatic carbocycles. The van der Waals surface area contributed by atoms with Crippen LogP contribution in [-0.4, -0.2) is 31.0 Å². The third-order valence-corrected chi connectivity index (χ3v) is 4.39. The van der Waals surface area contributed by atoms with Crippen molar-refractivity contribution in [1.82, 2.24) is 0 Å². The van der Waals surface area contributed by atoms with E-state index in [0.717, 1.165) is 11.1 Å². The molecular formula is C17H16O6. The number of fused-ring (bicyclic) bond motifs is 5. The first-order valence-electron chi connectivity index (χ1n) is 7.24. The first-order valence-corrected chi connectivity index (χ1v) is 7.24. The maximum absolute atomic E-state index is 10.2. The van der Waals surface area contributed by atoms with E-state index in [0.29, 0.717) is 29.6 Å². The molecule has 2 heterocycles. The minimum absolute atomic E-state index is 0.0280. The number of methoxy groups -OCH3 is 2. The summed E-state index contributed by atoms with van der Waals surface area (Å²) in [5.74, 6) is 1.54. The summed E-state index contributed by atoms with van der Waals surface area (Å²) in [4.78, 5) is 0. The number of rotatable bonds is 2. The molecule has 0 spiro atoms. The second kappa shape index (κ2) is 4.87. The summed E-state index contributed by atoms with van der Waals surface area (Å²) >= 11 is 0. The van der Waals surface area contributed by atoms with E-state index >= 15 is 0 Å². The predicted octanol–water partition coefficient (Wildman–Crippen LogP) is 2.72. The Bertz CT molecular complexity index is 785. The van der Waals surface area contributed by atoms with Crippen molar-refractivity contribution in [2.75, 3.05) is 20.8 Å². The standard InChI is InChI=1S/C17H16O6/c1-20-12-6-4-9-14-10(7-22-15(9)13(12)19)8-3-5-11(18)17(21-2)16(8)23-14/h3-6,10,14,18-19H,7H2,1-2H3/t10-,14-/m0/s1. The third-order valence-electron chi connectivity index (χ3n) is 4.39. The van der Waals surface area contributed by atoms with E-state index in [1.165, 1.54) is 14.2 Å². The van der Waals surface area contributed by atoms with Crippen LogP contribution in [0, 0.1) is 0 Å². The Kier molecular flexibility index (Phi) is 2.94. The van der Waals surface area contributed by atoms with Gasteiger partial charge in [0.05, 0.1) is 26.7 Å². The van der Waals surface area contributed by atoms with E-state index in [4.69, 9.17) is 18.9 Å². The summed E-state index contributed by atoms with van der Waals surface area (Å²) in [7, 11) is 2.98. The second-order valence-electron chi connectivity index (χ2n) is 5.53. The first kappa shape index (κ1) is 13.9. The number of ether oxygens (including phenoxy) is 4. The van der Waals surface area contributed by atoms with Crippen molar-refractivity contribution in [3.63, 3.8) is 0 Å². The molecule has 6 nitrogen and oxygen atoms in total. The average Bonchev–Trinajstić information content (AvgIpc) is 2.94. The number of phenols is 2. The fraction of sp³-hybridized carbons (Fsp3) is 0.294. The van der Waals surface area contributed by atoms with Gasteiger partial charge in [-0.2, -0.15) is 0 Å². The molecule has 0 saturated carbocycles. The van der Waals surface area contributed by atoms with Gasteiger partial charge in [0.15, 0.2) is 23.0 Å². The van der Waals surface area contributed by atoms with Crippen LogP contribution in [0.15, 0.2) is 24.3 Å². The van der Waals surface area contributed by atoms with Crippen molar-refractivity contribution in [2.24, 2.45) is 0 Å². The van der Waals surface area contributed by atoms with Crippen LogP contribution in [-0.2, 0) is 0 Å². The number of phenolic OH excluding ortho intramolecular Hbond substituents is 2. The lowest BCUT2D eigenvalue weighted by Crippen LogP contribution is -2.23. The molecule has 2 atom stereocenters. The van der Waals surface area contributed by atoms with E-state index in [1.807, 2.05) is 12.1 Å². The summed E-state index contributed by atoms with van der Waals surface area (Å²) < 4.78 is 22.2. The highest BCUT2D eigenvalue weighted by atomic mass is 16.5. The van der Waals surface area contributed by atoms with Crippen molar-refractivity contribution < 1.29 is 29.2 Å². The SMILES string of the molecule is COc1ccc2c(c1O)OC[C@H]1c3ccc(O)c(OC)c3O[C@@H]21. The van der Waals surface area contributed by atoms with E-state index in [9.17, 15) is 10.2 Å². The molecule has 2 N–H and O–H groups in total. The molecule has 0 aliphatic carbocycles. The molecule has 6 heteroatoms. The smallest absolute Gasteiger partial charge is 0.203 e. The minimum Gasteiger partial charge on any atom is -0.504 e. The fourth-order valence-corrected chi connectivity index (χ4v) is 3.29. The largest absolute Gasteiger partial charge is 0.504 e. The Morgan fingerprint density at radius 2 is 1.78 bits per heavy atom. The Morgan fingerprint density at radius 3 is 2.52 bits per heavy atom. The van der Waals surface area contributed by atoms with Crippen molar-refractivity contribution in [1.29, 1.82) is 0 Å². The highest BCUT2D eigenvalue weighted by molar-refractivity contribution is 5.63. The summed E-state index contributed by atoms with van der Waals surface area (Å²) in [6, 6.07) is 6.91. The molecule has 0 aromatic heterocycles. The van der Waals surface area contributed by atoms with E-state index < -0.39 is 0 Å². The fourth-order valence-electron chi connectivity index (χ4n) is 3.29. The minimum atomic E-state index is -0.304. The molecule has 2 aromatic rings. The quantitative estimate of drug-likeness (QED) is 0.887. The van der Waals surface area contributed by atoms with Gasteiger partial charge in [-0.25, -0.2) is 0 Å². The molecule has 0 unspecified atom stereocenters. The molecule has 120 valence electrons. The van der Waals surface area contributed by atoms with Crippen LogP contribution in [0.4, 0.5) is 0 Å². The van der Waals surface area contributed by atoms with Gasteiger partial charge in [-0.05, 0) is 18.2 Å². The number of hydrogen-bond donors (Lipinski definition) is 2. The summed E-state index contributed by atoms with van der Waals surface area (Å²) in [6.07, 6.45) is -0.304. The molecule has 0 saturated heterocycles. The molecule has 0 bridgehead atoms. The Labute approximate surface area is 132 Å². The number of aromatic hydroxyl groups is 2. The van der Waals surface area contributed by atoms with E-state index in [1.54, 1.807) is 12.1 Å². The maximum atomic E-state index is 10.2. The van der Waals surface area contributed by atoms with Gasteiger partial charge in [-0.1, -0.05) is 6.07 Å². The highest BCUT2D eigenvalue weighted by Crippen LogP contribution is 2.57. The lowest BCUT2D eigenvalue weighted by molar-refractivity contribution is 0.133. The zero-order valence-corrected chi connectivity index (χ0v) is 12.7. The van der Waals surface area contributed by atoms with E-state index in [2.05, 4.69) is 0 Å². The number of benzene rings is 2. The molecule has 0 amide bonds. The van der Waals surface area contributed by atoms with Gasteiger partial charge in [0.2, 0.25) is 11.5 Å². The number of hydrogen-bond acceptors (Lipinski definition) is 6. The lowest BCUT2D eigenvalue weighted by atomic mass is 9.89. The Hall–Kier alpha value is -2.76. The first-order chi connectivity index (χ1) is 11.2. The molecular weight excluding hydrogens is 300 g/mol. The normalized spacial score (nSPS) is 20.6. The van der Waals surface area contributed by atoms with Gasteiger partial charge in [0.25, 0.3) is 0 Å². The summed E-state index contributed by atoms with van der Waals surface area (Å²) in [6.45, 7) is 0.360. The average molecular weight is 316 g/mol. The second-order valence-corrected chi connectivity index (χ2v) is 5.53. The van der Waals surface area contributed by atoms with Gasteiger partial charge in [0.1, 0.15) is 6.10 Å². The Morgan fingerprint density at radius 1 is 1.00 bits per heavy atom. The zero-order valence-electron chi connectivity index (χ0n) is 12.7. The molecule has 0 radical (unpaired) electrons. The molecule has 4 rings (SSSR count). The van der Waals surface area contributed by atoms with Gasteiger partial charge in [-0.3, -0.25) is 0 Å². The van der Waals surface area contributed by atoms with Crippen molar-refractivity contribution >= 4 is 0 Å². The molecule has 2 aliphatic rings. The van der Waals surface area contributed by atoms with Crippen LogP contribution < -0.4 is 18.9 Å². The van der Waals surface area contributed by atoms with Gasteiger partial charge >= 0.3 is 0 Å². The highest BCUT2D eigenvalue weighted by Gasteiger charge is 2.43. The van der Waals surface area contributed by atoms with E-state index in [-0.39, 0.29) is 23.5 Å². The van der Waals surface area contributed by atoms with Crippen LogP contribution in [0.3, 0.4) is 0 Å². The van der Waals surface area contributed by atoms with Crippen LogP contribution >= 0.6 is 0 Å². The third kappa shape index (κ3) is 1.81. The molecule has 2 aliphatic heterocycles. The van der Waals surface area contributed by atoms with Crippen molar-refractivity contribution in [3.05, 3.63) is 35.4 Å². The zero-order chi connectivity index (χ0) is 16.1. The van der Waals surface area contributed by atoms with Gasteiger partial charge in [-0.15, -0.1) is 0 Å². The predicted molar refractivity (Wildman–Crippen MR) is 80.9 cm³/mol. The van der Waals surface area contributed by atoms with Crippen LogP contribution in [0.2, 0.25) is 0 Å². The molecule has 0 fully saturated rings. The van der Waals surface area contributed by atoms with Crippen LogP contribution in [0.5, 0.6) is 34.5 Å². The van der Waals surface area contributed by atoms with Crippen molar-refractivity contribution in [3.8, 4) is 34.5 Å². The lowest BCUT2D eigenvalue weighted by Gasteiger charge is -2.28. The topological polar surface area (TPSA) is 77.4 Å². The summed E-state index contributed by atoms with van der Waals surface area (Å²) in [5.41, 5.74) is 1.67. The van der Waals surface area contributed by atoms with Crippen LogP contribution in [0.1, 0.15) is 23.1 Å². The Balaban J connectivity index is 1.82. The van der Waals surface area contributed by atoms with Crippen molar-refractivity contribution in [2.45, 2.75) is 12.0 Å². The summed E-state index contributed by atoms with van der Waals surface area (Å²) in [5, 5.41) is 20.2. The maximum Gasteiger partial charge on any atom is 0.203 e. The monoisotopic (exact) mass is 316 g/mol. The van der Waals surface area contributed by atoms with Gasteiger partial charge < -0.3 is 29.2 Å². The van der Waals surface area contributed by atoms with Crippen LogP contribution in [0.25, 0.3) is 0 Å².